The third-order valence-corrected chi connectivity index (χ3v) is 3.56. The lowest BCUT2D eigenvalue weighted by Gasteiger charge is -2.14. The van der Waals surface area contributed by atoms with E-state index in [0.29, 0.717) is 24.2 Å². The molecule has 0 spiro atoms. The molecule has 0 amide bonds. The molecule has 0 bridgehead atoms. The highest BCUT2D eigenvalue weighted by molar-refractivity contribution is 5.61. The number of aromatic nitrogens is 4. The van der Waals surface area contributed by atoms with Crippen LogP contribution in [0.4, 0.5) is 17.5 Å². The summed E-state index contributed by atoms with van der Waals surface area (Å²) >= 11 is 0. The number of nitrogens with one attached hydrogen (secondary N) is 2. The van der Waals surface area contributed by atoms with E-state index >= 15 is 0 Å². The molecule has 0 fully saturated rings. The number of nitrogens with zero attached hydrogens (tertiary/aromatic N) is 4. The van der Waals surface area contributed by atoms with Crippen LogP contribution in [-0.4, -0.2) is 20.2 Å². The standard InChI is InChI=1S/C18H20N6/c1-13(2)15-8-3-4-9-16(15)22-17-12-21-24-18(23-17)20-11-14-7-5-6-10-19-14/h3-10,12-13H,11H2,1-2H3,(H2,20,22,23,24). The van der Waals surface area contributed by atoms with E-state index in [2.05, 4.69) is 50.7 Å². The average Bonchev–Trinajstić information content (AvgIpc) is 2.61. The molecule has 2 heterocycles. The molecule has 3 rings (SSSR count). The van der Waals surface area contributed by atoms with Crippen LogP contribution in [0.1, 0.15) is 31.0 Å². The minimum absolute atomic E-state index is 0.422. The number of hydrogen-bond acceptors (Lipinski definition) is 6. The quantitative estimate of drug-likeness (QED) is 0.720. The van der Waals surface area contributed by atoms with Gasteiger partial charge in [-0.15, -0.1) is 5.10 Å². The zero-order valence-electron chi connectivity index (χ0n) is 13.8. The Bertz CT molecular complexity index is 788. The number of para-hydroxylation sites is 1. The lowest BCUT2D eigenvalue weighted by Crippen LogP contribution is -2.07. The van der Waals surface area contributed by atoms with E-state index in [0.717, 1.165) is 11.4 Å². The highest BCUT2D eigenvalue weighted by atomic mass is 15.3. The Morgan fingerprint density at radius 3 is 2.67 bits per heavy atom. The van der Waals surface area contributed by atoms with Crippen molar-refractivity contribution in [2.24, 2.45) is 0 Å². The molecule has 0 atom stereocenters. The highest BCUT2D eigenvalue weighted by Gasteiger charge is 2.07. The predicted octanol–water partition coefficient (Wildman–Crippen LogP) is 3.75. The normalized spacial score (nSPS) is 10.6. The van der Waals surface area contributed by atoms with Crippen LogP contribution in [0.15, 0.2) is 54.9 Å². The van der Waals surface area contributed by atoms with Crippen molar-refractivity contribution in [3.05, 3.63) is 66.1 Å². The van der Waals surface area contributed by atoms with Crippen LogP contribution in [0, 0.1) is 0 Å². The molecular formula is C18H20N6. The first-order valence-corrected chi connectivity index (χ1v) is 7.92. The highest BCUT2D eigenvalue weighted by Crippen LogP contribution is 2.26. The molecule has 122 valence electrons. The van der Waals surface area contributed by atoms with E-state index in [1.165, 1.54) is 5.56 Å². The Balaban J connectivity index is 1.72. The van der Waals surface area contributed by atoms with Gasteiger partial charge in [0.25, 0.3) is 0 Å². The SMILES string of the molecule is CC(C)c1ccccc1Nc1cnnc(NCc2ccccn2)n1. The number of hydrogen-bond donors (Lipinski definition) is 2. The first-order valence-electron chi connectivity index (χ1n) is 7.92. The second-order valence-electron chi connectivity index (χ2n) is 5.71. The van der Waals surface area contributed by atoms with Crippen molar-refractivity contribution in [1.82, 2.24) is 20.2 Å². The van der Waals surface area contributed by atoms with Gasteiger partial charge in [0.2, 0.25) is 5.95 Å². The van der Waals surface area contributed by atoms with Crippen LogP contribution >= 0.6 is 0 Å². The summed E-state index contributed by atoms with van der Waals surface area (Å²) in [5.41, 5.74) is 3.19. The summed E-state index contributed by atoms with van der Waals surface area (Å²) in [6, 6.07) is 14.0. The van der Waals surface area contributed by atoms with E-state index in [1.54, 1.807) is 12.4 Å². The first-order chi connectivity index (χ1) is 11.7. The predicted molar refractivity (Wildman–Crippen MR) is 95.2 cm³/mol. The third kappa shape index (κ3) is 4.04. The van der Waals surface area contributed by atoms with Crippen molar-refractivity contribution >= 4 is 17.5 Å². The lowest BCUT2D eigenvalue weighted by molar-refractivity contribution is 0.868. The zero-order valence-corrected chi connectivity index (χ0v) is 13.8. The van der Waals surface area contributed by atoms with Crippen molar-refractivity contribution < 1.29 is 0 Å². The Labute approximate surface area is 141 Å². The van der Waals surface area contributed by atoms with Gasteiger partial charge in [0.05, 0.1) is 18.4 Å². The van der Waals surface area contributed by atoms with E-state index in [-0.39, 0.29) is 0 Å². The molecule has 6 nitrogen and oxygen atoms in total. The van der Waals surface area contributed by atoms with Crippen molar-refractivity contribution in [1.29, 1.82) is 0 Å². The Morgan fingerprint density at radius 2 is 1.88 bits per heavy atom. The summed E-state index contributed by atoms with van der Waals surface area (Å²) < 4.78 is 0. The third-order valence-electron chi connectivity index (χ3n) is 3.56. The zero-order chi connectivity index (χ0) is 16.8. The fraction of sp³-hybridized carbons (Fsp3) is 0.222. The van der Waals surface area contributed by atoms with Crippen LogP contribution in [0.25, 0.3) is 0 Å². The van der Waals surface area contributed by atoms with Gasteiger partial charge in [-0.05, 0) is 29.7 Å². The van der Waals surface area contributed by atoms with Crippen molar-refractivity contribution in [2.45, 2.75) is 26.3 Å². The van der Waals surface area contributed by atoms with Gasteiger partial charge in [0.1, 0.15) is 0 Å². The molecule has 0 aliphatic rings. The van der Waals surface area contributed by atoms with Gasteiger partial charge in [-0.3, -0.25) is 4.98 Å². The molecule has 3 aromatic rings. The minimum Gasteiger partial charge on any atom is -0.347 e. The van der Waals surface area contributed by atoms with Gasteiger partial charge < -0.3 is 10.6 Å². The van der Waals surface area contributed by atoms with Crippen LogP contribution in [-0.2, 0) is 6.54 Å². The summed E-state index contributed by atoms with van der Waals surface area (Å²) in [6.07, 6.45) is 3.37. The van der Waals surface area contributed by atoms with Gasteiger partial charge in [-0.2, -0.15) is 10.1 Å². The van der Waals surface area contributed by atoms with E-state index in [1.807, 2.05) is 36.4 Å². The summed E-state index contributed by atoms with van der Waals surface area (Å²) in [6.45, 7) is 4.88. The maximum atomic E-state index is 4.46. The molecule has 2 N–H and O–H groups in total. The van der Waals surface area contributed by atoms with E-state index < -0.39 is 0 Å². The van der Waals surface area contributed by atoms with Crippen LogP contribution in [0.5, 0.6) is 0 Å². The molecule has 0 saturated heterocycles. The van der Waals surface area contributed by atoms with Gasteiger partial charge in [0, 0.05) is 11.9 Å². The Morgan fingerprint density at radius 1 is 1.04 bits per heavy atom. The fourth-order valence-corrected chi connectivity index (χ4v) is 2.36. The van der Waals surface area contributed by atoms with Crippen molar-refractivity contribution in [2.75, 3.05) is 10.6 Å². The molecule has 0 unspecified atom stereocenters. The first kappa shape index (κ1) is 15.9. The number of rotatable bonds is 6. The van der Waals surface area contributed by atoms with Gasteiger partial charge in [-0.1, -0.05) is 38.1 Å². The summed E-state index contributed by atoms with van der Waals surface area (Å²) in [4.78, 5) is 8.72. The van der Waals surface area contributed by atoms with Crippen LogP contribution in [0.2, 0.25) is 0 Å². The second-order valence-corrected chi connectivity index (χ2v) is 5.71. The molecule has 24 heavy (non-hydrogen) atoms. The largest absolute Gasteiger partial charge is 0.347 e. The average molecular weight is 320 g/mol. The van der Waals surface area contributed by atoms with E-state index in [9.17, 15) is 0 Å². The monoisotopic (exact) mass is 320 g/mol. The lowest BCUT2D eigenvalue weighted by atomic mass is 10.0. The molecule has 0 aliphatic heterocycles. The summed E-state index contributed by atoms with van der Waals surface area (Å²) in [5, 5.41) is 14.5. The molecule has 0 radical (unpaired) electrons. The maximum absolute atomic E-state index is 4.46. The minimum atomic E-state index is 0.422. The number of anilines is 3. The summed E-state index contributed by atoms with van der Waals surface area (Å²) in [5.74, 6) is 1.54. The summed E-state index contributed by atoms with van der Waals surface area (Å²) in [7, 11) is 0. The Kier molecular flexibility index (Phi) is 4.96. The van der Waals surface area contributed by atoms with Gasteiger partial charge >= 0.3 is 0 Å². The molecule has 1 aromatic carbocycles. The fourth-order valence-electron chi connectivity index (χ4n) is 2.36. The molecule has 2 aromatic heterocycles. The second kappa shape index (κ2) is 7.50. The molecule has 0 aliphatic carbocycles. The van der Waals surface area contributed by atoms with Crippen LogP contribution in [0.3, 0.4) is 0 Å². The van der Waals surface area contributed by atoms with E-state index in [4.69, 9.17) is 0 Å². The van der Waals surface area contributed by atoms with Crippen molar-refractivity contribution in [3.8, 4) is 0 Å². The molecule has 6 heteroatoms. The van der Waals surface area contributed by atoms with Gasteiger partial charge in [-0.25, -0.2) is 0 Å². The molecule has 0 saturated carbocycles. The maximum Gasteiger partial charge on any atom is 0.245 e. The topological polar surface area (TPSA) is 75.6 Å². The molecular weight excluding hydrogens is 300 g/mol. The number of benzene rings is 1. The smallest absolute Gasteiger partial charge is 0.245 e. The number of pyridine rings is 1. The van der Waals surface area contributed by atoms with Crippen LogP contribution < -0.4 is 10.6 Å². The van der Waals surface area contributed by atoms with Crippen molar-refractivity contribution in [3.63, 3.8) is 0 Å². The Hall–Kier alpha value is -3.02. The van der Waals surface area contributed by atoms with Gasteiger partial charge in [0.15, 0.2) is 5.82 Å².